The van der Waals surface area contributed by atoms with E-state index in [4.69, 9.17) is 4.74 Å². The van der Waals surface area contributed by atoms with Crippen molar-refractivity contribution in [1.29, 1.82) is 0 Å². The van der Waals surface area contributed by atoms with Crippen LogP contribution in [0.3, 0.4) is 0 Å². The fraction of sp³-hybridized carbons (Fsp3) is 0.889. The second-order valence-corrected chi connectivity index (χ2v) is 3.53. The molecule has 0 aromatic rings. The Bertz CT molecular complexity index is 150. The molecule has 0 aliphatic carbocycles. The molecule has 64 valence electrons. The lowest BCUT2D eigenvalue weighted by molar-refractivity contribution is -0.165. The van der Waals surface area contributed by atoms with Gasteiger partial charge in [0.15, 0.2) is 0 Å². The second-order valence-electron chi connectivity index (χ2n) is 3.53. The van der Waals surface area contributed by atoms with Gasteiger partial charge in [0.25, 0.3) is 0 Å². The number of rotatable bonds is 2. The fourth-order valence-corrected chi connectivity index (χ4v) is 1.69. The SMILES string of the molecule is CCCC1(C)CCCC(=O)O1. The number of cyclic esters (lactones) is 1. The molecule has 0 N–H and O–H groups in total. The minimum absolute atomic E-state index is 0.0211. The molecule has 1 heterocycles. The van der Waals surface area contributed by atoms with Gasteiger partial charge in [0.1, 0.15) is 5.60 Å². The number of hydrogen-bond donors (Lipinski definition) is 0. The Morgan fingerprint density at radius 3 is 2.91 bits per heavy atom. The lowest BCUT2D eigenvalue weighted by Crippen LogP contribution is -2.35. The highest BCUT2D eigenvalue weighted by Crippen LogP contribution is 2.29. The minimum atomic E-state index is -0.149. The van der Waals surface area contributed by atoms with Crippen molar-refractivity contribution in [2.24, 2.45) is 0 Å². The van der Waals surface area contributed by atoms with E-state index in [0.717, 1.165) is 25.7 Å². The second kappa shape index (κ2) is 3.24. The highest BCUT2D eigenvalue weighted by molar-refractivity contribution is 5.70. The third-order valence-electron chi connectivity index (χ3n) is 2.23. The Labute approximate surface area is 67.9 Å². The largest absolute Gasteiger partial charge is 0.459 e. The predicted octanol–water partition coefficient (Wildman–Crippen LogP) is 2.27. The van der Waals surface area contributed by atoms with Gasteiger partial charge in [-0.1, -0.05) is 13.3 Å². The molecule has 0 amide bonds. The smallest absolute Gasteiger partial charge is 0.306 e. The number of ether oxygens (including phenoxy) is 1. The Balaban J connectivity index is 2.48. The molecule has 2 nitrogen and oxygen atoms in total. The van der Waals surface area contributed by atoms with Crippen molar-refractivity contribution in [1.82, 2.24) is 0 Å². The standard InChI is InChI=1S/C9H16O2/c1-3-6-9(2)7-4-5-8(10)11-9/h3-7H2,1-2H3. The van der Waals surface area contributed by atoms with E-state index in [-0.39, 0.29) is 11.6 Å². The van der Waals surface area contributed by atoms with Crippen molar-refractivity contribution in [3.8, 4) is 0 Å². The van der Waals surface area contributed by atoms with Gasteiger partial charge < -0.3 is 4.74 Å². The van der Waals surface area contributed by atoms with Crippen LogP contribution in [0.4, 0.5) is 0 Å². The molecule has 0 spiro atoms. The van der Waals surface area contributed by atoms with Gasteiger partial charge in [-0.2, -0.15) is 0 Å². The molecule has 1 unspecified atom stereocenters. The van der Waals surface area contributed by atoms with E-state index >= 15 is 0 Å². The maximum atomic E-state index is 10.9. The lowest BCUT2D eigenvalue weighted by atomic mass is 9.91. The van der Waals surface area contributed by atoms with E-state index in [1.807, 2.05) is 6.92 Å². The quantitative estimate of drug-likeness (QED) is 0.573. The zero-order valence-corrected chi connectivity index (χ0v) is 7.35. The average molecular weight is 156 g/mol. The lowest BCUT2D eigenvalue weighted by Gasteiger charge is -2.32. The van der Waals surface area contributed by atoms with Gasteiger partial charge in [0.05, 0.1) is 0 Å². The molecule has 0 saturated carbocycles. The van der Waals surface area contributed by atoms with Gasteiger partial charge >= 0.3 is 5.97 Å². The van der Waals surface area contributed by atoms with Gasteiger partial charge in [-0.15, -0.1) is 0 Å². The molecule has 0 aromatic carbocycles. The molecule has 1 aliphatic heterocycles. The predicted molar refractivity (Wildman–Crippen MR) is 43.3 cm³/mol. The van der Waals surface area contributed by atoms with E-state index in [1.165, 1.54) is 0 Å². The highest BCUT2D eigenvalue weighted by atomic mass is 16.6. The first-order valence-electron chi connectivity index (χ1n) is 4.38. The summed E-state index contributed by atoms with van der Waals surface area (Å²) < 4.78 is 5.28. The molecule has 11 heavy (non-hydrogen) atoms. The molecule has 1 saturated heterocycles. The van der Waals surface area contributed by atoms with E-state index < -0.39 is 0 Å². The summed E-state index contributed by atoms with van der Waals surface area (Å²) in [5, 5.41) is 0. The number of carbonyl (C=O) groups is 1. The first-order chi connectivity index (χ1) is 5.16. The molecule has 1 aliphatic rings. The normalized spacial score (nSPS) is 31.6. The van der Waals surface area contributed by atoms with Crippen molar-refractivity contribution in [3.05, 3.63) is 0 Å². The van der Waals surface area contributed by atoms with Crippen molar-refractivity contribution in [2.45, 2.75) is 51.6 Å². The van der Waals surface area contributed by atoms with Gasteiger partial charge in [-0.3, -0.25) is 4.79 Å². The third kappa shape index (κ3) is 2.21. The first-order valence-corrected chi connectivity index (χ1v) is 4.38. The number of hydrogen-bond acceptors (Lipinski definition) is 2. The van der Waals surface area contributed by atoms with Gasteiger partial charge in [-0.25, -0.2) is 0 Å². The van der Waals surface area contributed by atoms with Crippen LogP contribution < -0.4 is 0 Å². The molecule has 0 radical (unpaired) electrons. The summed E-state index contributed by atoms with van der Waals surface area (Å²) in [4.78, 5) is 10.9. The summed E-state index contributed by atoms with van der Waals surface area (Å²) in [6.07, 6.45) is 4.73. The van der Waals surface area contributed by atoms with Crippen LogP contribution >= 0.6 is 0 Å². The van der Waals surface area contributed by atoms with E-state index in [0.29, 0.717) is 6.42 Å². The van der Waals surface area contributed by atoms with Crippen LogP contribution in [0.15, 0.2) is 0 Å². The summed E-state index contributed by atoms with van der Waals surface area (Å²) in [7, 11) is 0. The molecule has 1 atom stereocenters. The maximum absolute atomic E-state index is 10.9. The van der Waals surface area contributed by atoms with Crippen LogP contribution in [0.2, 0.25) is 0 Å². The van der Waals surface area contributed by atoms with Crippen LogP contribution in [-0.4, -0.2) is 11.6 Å². The number of carbonyl (C=O) groups excluding carboxylic acids is 1. The Kier molecular flexibility index (Phi) is 2.53. The molecule has 2 heteroatoms. The topological polar surface area (TPSA) is 26.3 Å². The van der Waals surface area contributed by atoms with Crippen molar-refractivity contribution in [2.75, 3.05) is 0 Å². The van der Waals surface area contributed by atoms with Crippen LogP contribution in [0.5, 0.6) is 0 Å². The van der Waals surface area contributed by atoms with E-state index in [1.54, 1.807) is 0 Å². The molecule has 0 bridgehead atoms. The van der Waals surface area contributed by atoms with Gasteiger partial charge in [-0.05, 0) is 26.2 Å². The average Bonchev–Trinajstić information content (AvgIpc) is 1.86. The molecular weight excluding hydrogens is 140 g/mol. The van der Waals surface area contributed by atoms with E-state index in [2.05, 4.69) is 6.92 Å². The first kappa shape index (κ1) is 8.57. The monoisotopic (exact) mass is 156 g/mol. The van der Waals surface area contributed by atoms with Crippen LogP contribution in [0, 0.1) is 0 Å². The van der Waals surface area contributed by atoms with Crippen LogP contribution in [0.25, 0.3) is 0 Å². The maximum Gasteiger partial charge on any atom is 0.306 e. The fourth-order valence-electron chi connectivity index (χ4n) is 1.69. The summed E-state index contributed by atoms with van der Waals surface area (Å²) in [6.45, 7) is 4.15. The summed E-state index contributed by atoms with van der Waals surface area (Å²) in [5.41, 5.74) is -0.149. The third-order valence-corrected chi connectivity index (χ3v) is 2.23. The van der Waals surface area contributed by atoms with Crippen molar-refractivity contribution in [3.63, 3.8) is 0 Å². The highest BCUT2D eigenvalue weighted by Gasteiger charge is 2.31. The summed E-state index contributed by atoms with van der Waals surface area (Å²) in [6, 6.07) is 0. The zero-order chi connectivity index (χ0) is 8.32. The van der Waals surface area contributed by atoms with E-state index in [9.17, 15) is 4.79 Å². The van der Waals surface area contributed by atoms with Gasteiger partial charge in [0.2, 0.25) is 0 Å². The Hall–Kier alpha value is -0.530. The molecule has 0 aromatic heterocycles. The van der Waals surface area contributed by atoms with Crippen molar-refractivity contribution < 1.29 is 9.53 Å². The van der Waals surface area contributed by atoms with Crippen LogP contribution in [-0.2, 0) is 9.53 Å². The molecular formula is C9H16O2. The Morgan fingerprint density at radius 2 is 2.36 bits per heavy atom. The Morgan fingerprint density at radius 1 is 1.64 bits per heavy atom. The minimum Gasteiger partial charge on any atom is -0.459 e. The number of esters is 1. The van der Waals surface area contributed by atoms with Gasteiger partial charge in [0, 0.05) is 6.42 Å². The zero-order valence-electron chi connectivity index (χ0n) is 7.35. The molecule has 1 fully saturated rings. The molecule has 1 rings (SSSR count). The summed E-state index contributed by atoms with van der Waals surface area (Å²) >= 11 is 0. The van der Waals surface area contributed by atoms with Crippen molar-refractivity contribution >= 4 is 5.97 Å². The van der Waals surface area contributed by atoms with Crippen LogP contribution in [0.1, 0.15) is 46.0 Å². The summed E-state index contributed by atoms with van der Waals surface area (Å²) in [5.74, 6) is -0.0211.